The molecule has 5 unspecified atom stereocenters. The van der Waals surface area contributed by atoms with E-state index in [2.05, 4.69) is 33.0 Å². The van der Waals surface area contributed by atoms with Gasteiger partial charge in [0.1, 0.15) is 0 Å². The molecule has 0 aromatic heterocycles. The molecule has 1 N–H and O–H groups in total. The lowest BCUT2D eigenvalue weighted by atomic mass is 9.68. The molecule has 2 nitrogen and oxygen atoms in total. The van der Waals surface area contributed by atoms with Crippen molar-refractivity contribution in [3.8, 4) is 0 Å². The van der Waals surface area contributed by atoms with Gasteiger partial charge in [-0.1, -0.05) is 34.1 Å². The summed E-state index contributed by atoms with van der Waals surface area (Å²) in [6.07, 6.45) is 5.99. The zero-order chi connectivity index (χ0) is 13.3. The van der Waals surface area contributed by atoms with Gasteiger partial charge in [-0.15, -0.1) is 0 Å². The molecule has 1 saturated heterocycles. The summed E-state index contributed by atoms with van der Waals surface area (Å²) < 4.78 is 12.6. The highest BCUT2D eigenvalue weighted by atomic mass is 32.2. The van der Waals surface area contributed by atoms with Crippen molar-refractivity contribution in [1.82, 2.24) is 5.32 Å². The van der Waals surface area contributed by atoms with E-state index in [1.54, 1.807) is 0 Å². The molecule has 1 aliphatic heterocycles. The Kier molecular flexibility index (Phi) is 4.53. The topological polar surface area (TPSA) is 29.1 Å². The molecule has 1 aliphatic carbocycles. The Morgan fingerprint density at radius 1 is 1.28 bits per heavy atom. The molecule has 106 valence electrons. The van der Waals surface area contributed by atoms with Gasteiger partial charge in [0.2, 0.25) is 0 Å². The first-order valence-corrected chi connectivity index (χ1v) is 8.86. The van der Waals surface area contributed by atoms with E-state index < -0.39 is 10.8 Å². The van der Waals surface area contributed by atoms with Gasteiger partial charge in [-0.25, -0.2) is 0 Å². The molecule has 0 radical (unpaired) electrons. The van der Waals surface area contributed by atoms with Gasteiger partial charge in [-0.3, -0.25) is 4.21 Å². The summed E-state index contributed by atoms with van der Waals surface area (Å²) in [6.45, 7) is 10.3. The molecule has 5 atom stereocenters. The highest BCUT2D eigenvalue weighted by Crippen LogP contribution is 2.42. The lowest BCUT2D eigenvalue weighted by Gasteiger charge is -2.42. The summed E-state index contributed by atoms with van der Waals surface area (Å²) in [5.41, 5.74) is 0.407. The minimum atomic E-state index is -0.639. The normalized spacial score (nSPS) is 42.1. The molecule has 1 saturated carbocycles. The second-order valence-electron chi connectivity index (χ2n) is 6.88. The van der Waals surface area contributed by atoms with Crippen LogP contribution in [0.15, 0.2) is 0 Å². The van der Waals surface area contributed by atoms with Crippen LogP contribution in [0, 0.1) is 11.3 Å². The van der Waals surface area contributed by atoms with Crippen molar-refractivity contribution in [1.29, 1.82) is 0 Å². The standard InChI is InChI=1S/C15H29NOS/c1-5-15(3,4)12-6-7-13-14(10-12)18(17)11(2)8-9-16-13/h11-14,16H,5-10H2,1-4H3. The van der Waals surface area contributed by atoms with E-state index in [-0.39, 0.29) is 0 Å². The summed E-state index contributed by atoms with van der Waals surface area (Å²) in [5.74, 6) is 0.750. The van der Waals surface area contributed by atoms with Gasteiger partial charge >= 0.3 is 0 Å². The van der Waals surface area contributed by atoms with Gasteiger partial charge in [0, 0.05) is 22.1 Å². The van der Waals surface area contributed by atoms with Crippen LogP contribution in [0.4, 0.5) is 0 Å². The van der Waals surface area contributed by atoms with Crippen LogP contribution in [0.1, 0.15) is 59.8 Å². The van der Waals surface area contributed by atoms with E-state index >= 15 is 0 Å². The molecule has 0 aromatic rings. The molecule has 0 bridgehead atoms. The second-order valence-corrected chi connectivity index (χ2v) is 8.95. The van der Waals surface area contributed by atoms with Gasteiger partial charge in [0.15, 0.2) is 0 Å². The Morgan fingerprint density at radius 3 is 2.67 bits per heavy atom. The van der Waals surface area contributed by atoms with Crippen molar-refractivity contribution >= 4 is 10.8 Å². The van der Waals surface area contributed by atoms with Gasteiger partial charge in [0.05, 0.1) is 5.25 Å². The van der Waals surface area contributed by atoms with Crippen LogP contribution < -0.4 is 5.32 Å². The lowest BCUT2D eigenvalue weighted by molar-refractivity contribution is 0.141. The van der Waals surface area contributed by atoms with Gasteiger partial charge in [-0.05, 0) is 43.6 Å². The third-order valence-corrected chi connectivity index (χ3v) is 7.61. The van der Waals surface area contributed by atoms with E-state index in [1.165, 1.54) is 19.3 Å². The van der Waals surface area contributed by atoms with Gasteiger partial charge < -0.3 is 5.32 Å². The zero-order valence-electron chi connectivity index (χ0n) is 12.4. The fraction of sp³-hybridized carbons (Fsp3) is 1.00. The maximum atomic E-state index is 12.6. The summed E-state index contributed by atoms with van der Waals surface area (Å²) >= 11 is 0. The second kappa shape index (κ2) is 5.62. The van der Waals surface area contributed by atoms with Crippen molar-refractivity contribution in [2.45, 2.75) is 76.3 Å². The highest BCUT2D eigenvalue weighted by Gasteiger charge is 2.41. The van der Waals surface area contributed by atoms with Crippen LogP contribution in [0.3, 0.4) is 0 Å². The molecule has 1 heterocycles. The Hall–Kier alpha value is 0.110. The van der Waals surface area contributed by atoms with Gasteiger partial charge in [0.25, 0.3) is 0 Å². The van der Waals surface area contributed by atoms with Gasteiger partial charge in [-0.2, -0.15) is 0 Å². The number of hydrogen-bond donors (Lipinski definition) is 1. The summed E-state index contributed by atoms with van der Waals surface area (Å²) in [4.78, 5) is 0. The van der Waals surface area contributed by atoms with Crippen molar-refractivity contribution < 1.29 is 4.21 Å². The first kappa shape index (κ1) is 14.5. The van der Waals surface area contributed by atoms with Crippen molar-refractivity contribution in [3.05, 3.63) is 0 Å². The molecular formula is C15H29NOS. The van der Waals surface area contributed by atoms with Crippen molar-refractivity contribution in [2.75, 3.05) is 6.54 Å². The molecule has 0 amide bonds. The van der Waals surface area contributed by atoms with Crippen LogP contribution in [-0.4, -0.2) is 27.3 Å². The molecule has 18 heavy (non-hydrogen) atoms. The Labute approximate surface area is 115 Å². The predicted molar refractivity (Wildman–Crippen MR) is 79.2 cm³/mol. The van der Waals surface area contributed by atoms with E-state index in [0.29, 0.717) is 22.0 Å². The minimum absolute atomic E-state index is 0.371. The minimum Gasteiger partial charge on any atom is -0.313 e. The van der Waals surface area contributed by atoms with E-state index in [1.807, 2.05) is 0 Å². The molecule has 2 fully saturated rings. The maximum Gasteiger partial charge on any atom is 0.0506 e. The van der Waals surface area contributed by atoms with E-state index in [9.17, 15) is 4.21 Å². The van der Waals surface area contributed by atoms with Crippen molar-refractivity contribution in [3.63, 3.8) is 0 Å². The first-order chi connectivity index (χ1) is 8.45. The van der Waals surface area contributed by atoms with Crippen LogP contribution in [0.5, 0.6) is 0 Å². The molecule has 0 aromatic carbocycles. The maximum absolute atomic E-state index is 12.6. The molecule has 3 heteroatoms. The molecular weight excluding hydrogens is 242 g/mol. The largest absolute Gasteiger partial charge is 0.313 e. The summed E-state index contributed by atoms with van der Waals surface area (Å²) in [5, 5.41) is 4.41. The smallest absolute Gasteiger partial charge is 0.0506 e. The average Bonchev–Trinajstić information content (AvgIpc) is 2.50. The highest BCUT2D eigenvalue weighted by molar-refractivity contribution is 7.86. The van der Waals surface area contributed by atoms with Crippen LogP contribution in [0.25, 0.3) is 0 Å². The molecule has 2 rings (SSSR count). The summed E-state index contributed by atoms with van der Waals surface area (Å²) in [7, 11) is -0.639. The lowest BCUT2D eigenvalue weighted by Crippen LogP contribution is -2.47. The van der Waals surface area contributed by atoms with Crippen molar-refractivity contribution in [2.24, 2.45) is 11.3 Å². The third-order valence-electron chi connectivity index (χ3n) is 5.46. The third kappa shape index (κ3) is 2.82. The Bertz CT molecular complexity index is 316. The fourth-order valence-corrected chi connectivity index (χ4v) is 5.43. The molecule has 2 aliphatic rings. The predicted octanol–water partition coefficient (Wildman–Crippen LogP) is 3.09. The average molecular weight is 271 g/mol. The zero-order valence-corrected chi connectivity index (χ0v) is 13.2. The first-order valence-electron chi connectivity index (χ1n) is 7.58. The molecule has 0 spiro atoms. The number of nitrogens with one attached hydrogen (secondary N) is 1. The number of hydrogen-bond acceptors (Lipinski definition) is 2. The fourth-order valence-electron chi connectivity index (χ4n) is 3.50. The number of rotatable bonds is 2. The van der Waals surface area contributed by atoms with Crippen LogP contribution in [-0.2, 0) is 10.8 Å². The quantitative estimate of drug-likeness (QED) is 0.836. The van der Waals surface area contributed by atoms with E-state index in [0.717, 1.165) is 25.3 Å². The summed E-state index contributed by atoms with van der Waals surface area (Å²) in [6, 6.07) is 0.514. The van der Waals surface area contributed by atoms with Crippen LogP contribution in [0.2, 0.25) is 0 Å². The Morgan fingerprint density at radius 2 is 2.00 bits per heavy atom. The van der Waals surface area contributed by atoms with Crippen LogP contribution >= 0.6 is 0 Å². The monoisotopic (exact) mass is 271 g/mol. The number of fused-ring (bicyclic) bond motifs is 1. The van der Waals surface area contributed by atoms with E-state index in [4.69, 9.17) is 0 Å². The Balaban J connectivity index is 2.12. The SMILES string of the molecule is CCC(C)(C)C1CCC2NCCC(C)S(=O)C2C1.